The Bertz CT molecular complexity index is 720. The van der Waals surface area contributed by atoms with Gasteiger partial charge < -0.3 is 18.9 Å². The highest BCUT2D eigenvalue weighted by molar-refractivity contribution is 5.90. The molecule has 1 aromatic carbocycles. The minimum absolute atomic E-state index is 0.0171. The topological polar surface area (TPSA) is 94.8 Å². The number of ether oxygens (including phenoxy) is 2. The van der Waals surface area contributed by atoms with Gasteiger partial charge in [0.15, 0.2) is 6.61 Å². The fraction of sp³-hybridized carbons (Fsp3) is 0.375. The van der Waals surface area contributed by atoms with Crippen LogP contribution < -0.4 is 4.74 Å². The Hall–Kier alpha value is -2.90. The van der Waals surface area contributed by atoms with E-state index in [9.17, 15) is 9.59 Å². The molecule has 2 aromatic rings. The summed E-state index contributed by atoms with van der Waals surface area (Å²) in [4.78, 5) is 29.2. The maximum absolute atomic E-state index is 12.1. The van der Waals surface area contributed by atoms with Gasteiger partial charge in [0.05, 0.1) is 12.7 Å². The predicted molar refractivity (Wildman–Crippen MR) is 81.5 cm³/mol. The van der Waals surface area contributed by atoms with Crippen LogP contribution in [0.1, 0.15) is 39.7 Å². The first-order valence-corrected chi connectivity index (χ1v) is 7.60. The van der Waals surface area contributed by atoms with Gasteiger partial charge in [0.2, 0.25) is 5.82 Å². The van der Waals surface area contributed by atoms with Crippen LogP contribution >= 0.6 is 0 Å². The summed E-state index contributed by atoms with van der Waals surface area (Å²) in [6, 6.07) is 6.48. The summed E-state index contributed by atoms with van der Waals surface area (Å²) in [6.07, 6.45) is 1.99. The summed E-state index contributed by atoms with van der Waals surface area (Å²) in [5.74, 6) is 0.157. The van der Waals surface area contributed by atoms with Crippen molar-refractivity contribution in [1.29, 1.82) is 0 Å². The standard InChI is InChI=1S/C16H17N3O5/c1-22-16(21)11-4-6-12(7-5-11)23-10-13-17-14(24-18-13)15(20)19-8-2-3-9-19/h4-7H,2-3,8-10H2,1H3. The lowest BCUT2D eigenvalue weighted by molar-refractivity contribution is 0.0600. The van der Waals surface area contributed by atoms with Crippen molar-refractivity contribution in [3.8, 4) is 5.75 Å². The third kappa shape index (κ3) is 3.53. The van der Waals surface area contributed by atoms with E-state index in [-0.39, 0.29) is 24.2 Å². The van der Waals surface area contributed by atoms with Crippen LogP contribution in [-0.2, 0) is 11.3 Å². The van der Waals surface area contributed by atoms with Crippen LogP contribution in [0.2, 0.25) is 0 Å². The second kappa shape index (κ2) is 7.12. The minimum Gasteiger partial charge on any atom is -0.485 e. The first kappa shape index (κ1) is 16.0. The molecule has 1 aliphatic rings. The highest BCUT2D eigenvalue weighted by atomic mass is 16.5. The number of amides is 1. The van der Waals surface area contributed by atoms with E-state index in [1.54, 1.807) is 29.2 Å². The number of nitrogens with zero attached hydrogens (tertiary/aromatic N) is 3. The van der Waals surface area contributed by atoms with E-state index in [0.29, 0.717) is 11.3 Å². The molecule has 0 atom stereocenters. The van der Waals surface area contributed by atoms with Crippen molar-refractivity contribution in [2.45, 2.75) is 19.4 Å². The minimum atomic E-state index is -0.412. The van der Waals surface area contributed by atoms with Crippen molar-refractivity contribution in [2.75, 3.05) is 20.2 Å². The number of esters is 1. The Morgan fingerprint density at radius 1 is 1.21 bits per heavy atom. The first-order valence-electron chi connectivity index (χ1n) is 7.60. The van der Waals surface area contributed by atoms with Crippen molar-refractivity contribution in [3.63, 3.8) is 0 Å². The molecule has 0 bridgehead atoms. The molecule has 24 heavy (non-hydrogen) atoms. The van der Waals surface area contributed by atoms with Crippen molar-refractivity contribution in [3.05, 3.63) is 41.5 Å². The number of rotatable bonds is 5. The van der Waals surface area contributed by atoms with E-state index in [4.69, 9.17) is 9.26 Å². The van der Waals surface area contributed by atoms with Crippen molar-refractivity contribution < 1.29 is 23.6 Å². The van der Waals surface area contributed by atoms with Crippen molar-refractivity contribution in [1.82, 2.24) is 15.0 Å². The molecular formula is C16H17N3O5. The summed E-state index contributed by atoms with van der Waals surface area (Å²) >= 11 is 0. The highest BCUT2D eigenvalue weighted by Gasteiger charge is 2.24. The maximum atomic E-state index is 12.1. The van der Waals surface area contributed by atoms with E-state index < -0.39 is 5.97 Å². The summed E-state index contributed by atoms with van der Waals surface area (Å²) < 4.78 is 15.1. The summed E-state index contributed by atoms with van der Waals surface area (Å²) in [5.41, 5.74) is 0.433. The van der Waals surface area contributed by atoms with Gasteiger partial charge in [-0.2, -0.15) is 4.98 Å². The predicted octanol–water partition coefficient (Wildman–Crippen LogP) is 1.67. The van der Waals surface area contributed by atoms with Gasteiger partial charge >= 0.3 is 17.8 Å². The number of hydrogen-bond donors (Lipinski definition) is 0. The molecule has 126 valence electrons. The third-order valence-corrected chi connectivity index (χ3v) is 3.69. The quantitative estimate of drug-likeness (QED) is 0.769. The molecule has 2 heterocycles. The Kier molecular flexibility index (Phi) is 4.74. The molecule has 0 N–H and O–H groups in total. The number of aromatic nitrogens is 2. The number of methoxy groups -OCH3 is 1. The molecule has 1 aromatic heterocycles. The van der Waals surface area contributed by atoms with Gasteiger partial charge in [-0.05, 0) is 37.1 Å². The third-order valence-electron chi connectivity index (χ3n) is 3.69. The molecule has 1 aliphatic heterocycles. The Morgan fingerprint density at radius 3 is 2.58 bits per heavy atom. The molecule has 1 fully saturated rings. The normalized spacial score (nSPS) is 13.8. The van der Waals surface area contributed by atoms with Crippen molar-refractivity contribution in [2.24, 2.45) is 0 Å². The molecular weight excluding hydrogens is 314 g/mol. The number of likely N-dealkylation sites (tertiary alicyclic amines) is 1. The molecule has 0 aliphatic carbocycles. The zero-order valence-corrected chi connectivity index (χ0v) is 13.2. The SMILES string of the molecule is COC(=O)c1ccc(OCc2noc(C(=O)N3CCCC3)n2)cc1. The molecule has 8 heteroatoms. The molecule has 1 saturated heterocycles. The largest absolute Gasteiger partial charge is 0.485 e. The zero-order chi connectivity index (χ0) is 16.9. The van der Waals surface area contributed by atoms with E-state index in [1.807, 2.05) is 0 Å². The Labute approximate surface area is 138 Å². The summed E-state index contributed by atoms with van der Waals surface area (Å²) in [7, 11) is 1.32. The average molecular weight is 331 g/mol. The zero-order valence-electron chi connectivity index (χ0n) is 13.2. The van der Waals surface area contributed by atoms with Crippen molar-refractivity contribution >= 4 is 11.9 Å². The molecule has 1 amide bonds. The van der Waals surface area contributed by atoms with E-state index in [1.165, 1.54) is 7.11 Å². The number of benzene rings is 1. The maximum Gasteiger partial charge on any atom is 0.337 e. The molecule has 0 spiro atoms. The first-order chi connectivity index (χ1) is 11.7. The molecule has 3 rings (SSSR count). The lowest BCUT2D eigenvalue weighted by Crippen LogP contribution is -2.27. The van der Waals surface area contributed by atoms with Crippen LogP contribution in [0.5, 0.6) is 5.75 Å². The van der Waals surface area contributed by atoms with Gasteiger partial charge in [-0.3, -0.25) is 4.79 Å². The van der Waals surface area contributed by atoms with Crippen LogP contribution in [0.25, 0.3) is 0 Å². The van der Waals surface area contributed by atoms with Gasteiger partial charge in [-0.15, -0.1) is 0 Å². The molecule has 0 radical (unpaired) electrons. The lowest BCUT2D eigenvalue weighted by atomic mass is 10.2. The van der Waals surface area contributed by atoms with Gasteiger partial charge in [0.25, 0.3) is 0 Å². The fourth-order valence-corrected chi connectivity index (χ4v) is 2.41. The van der Waals surface area contributed by atoms with Gasteiger partial charge in [0, 0.05) is 13.1 Å². The molecule has 0 saturated carbocycles. The second-order valence-electron chi connectivity index (χ2n) is 5.32. The van der Waals surface area contributed by atoms with E-state index in [2.05, 4.69) is 14.9 Å². The van der Waals surface area contributed by atoms with Crippen LogP contribution in [0.4, 0.5) is 0 Å². The highest BCUT2D eigenvalue weighted by Crippen LogP contribution is 2.15. The molecule has 0 unspecified atom stereocenters. The van der Waals surface area contributed by atoms with E-state index >= 15 is 0 Å². The average Bonchev–Trinajstić information content (AvgIpc) is 3.31. The number of carbonyl (C=O) groups excluding carboxylic acids is 2. The van der Waals surface area contributed by atoms with Crippen LogP contribution in [0, 0.1) is 0 Å². The van der Waals surface area contributed by atoms with E-state index in [0.717, 1.165) is 25.9 Å². The monoisotopic (exact) mass is 331 g/mol. The second-order valence-corrected chi connectivity index (χ2v) is 5.32. The smallest absolute Gasteiger partial charge is 0.337 e. The van der Waals surface area contributed by atoms with Gasteiger partial charge in [0.1, 0.15) is 5.75 Å². The summed E-state index contributed by atoms with van der Waals surface area (Å²) in [6.45, 7) is 1.51. The van der Waals surface area contributed by atoms with Crippen LogP contribution in [-0.4, -0.2) is 47.1 Å². The number of hydrogen-bond acceptors (Lipinski definition) is 7. The van der Waals surface area contributed by atoms with Crippen LogP contribution in [0.3, 0.4) is 0 Å². The van der Waals surface area contributed by atoms with Gasteiger partial charge in [-0.25, -0.2) is 4.79 Å². The lowest BCUT2D eigenvalue weighted by Gasteiger charge is -2.10. The summed E-state index contributed by atoms with van der Waals surface area (Å²) in [5, 5.41) is 3.75. The fourth-order valence-electron chi connectivity index (χ4n) is 2.41. The Morgan fingerprint density at radius 2 is 1.92 bits per heavy atom. The Balaban J connectivity index is 1.57. The number of carbonyl (C=O) groups is 2. The molecule has 8 nitrogen and oxygen atoms in total. The van der Waals surface area contributed by atoms with Crippen LogP contribution in [0.15, 0.2) is 28.8 Å². The van der Waals surface area contributed by atoms with Gasteiger partial charge in [-0.1, -0.05) is 5.16 Å².